The van der Waals surface area contributed by atoms with Crippen LogP contribution in [-0.4, -0.2) is 14.8 Å². The lowest BCUT2D eigenvalue weighted by Crippen LogP contribution is -2.02. The van der Waals surface area contributed by atoms with Gasteiger partial charge in [-0.25, -0.2) is 0 Å². The Labute approximate surface area is 167 Å². The normalized spacial score (nSPS) is 11.1. The SMILES string of the molecule is Cc1ccccc1CSc1nnc(-c2ccco2)n1-c1cc(Cl)ccc1C. The van der Waals surface area contributed by atoms with Crippen LogP contribution in [0.25, 0.3) is 17.3 Å². The average molecular weight is 396 g/mol. The molecule has 27 heavy (non-hydrogen) atoms. The molecule has 0 atom stereocenters. The van der Waals surface area contributed by atoms with Crippen molar-refractivity contribution in [1.82, 2.24) is 14.8 Å². The Morgan fingerprint density at radius 2 is 1.85 bits per heavy atom. The zero-order valence-corrected chi connectivity index (χ0v) is 16.6. The van der Waals surface area contributed by atoms with E-state index in [0.29, 0.717) is 16.6 Å². The van der Waals surface area contributed by atoms with Crippen LogP contribution < -0.4 is 0 Å². The molecule has 136 valence electrons. The van der Waals surface area contributed by atoms with Crippen LogP contribution in [0, 0.1) is 13.8 Å². The van der Waals surface area contributed by atoms with Gasteiger partial charge in [-0.1, -0.05) is 53.7 Å². The quantitative estimate of drug-likeness (QED) is 0.383. The van der Waals surface area contributed by atoms with E-state index in [0.717, 1.165) is 22.2 Å². The van der Waals surface area contributed by atoms with E-state index >= 15 is 0 Å². The van der Waals surface area contributed by atoms with Crippen LogP contribution in [0.2, 0.25) is 5.02 Å². The van der Waals surface area contributed by atoms with E-state index in [1.54, 1.807) is 18.0 Å². The van der Waals surface area contributed by atoms with E-state index < -0.39 is 0 Å². The van der Waals surface area contributed by atoms with Gasteiger partial charge in [0, 0.05) is 10.8 Å². The van der Waals surface area contributed by atoms with Gasteiger partial charge in [0.25, 0.3) is 0 Å². The van der Waals surface area contributed by atoms with E-state index in [9.17, 15) is 0 Å². The summed E-state index contributed by atoms with van der Waals surface area (Å²) < 4.78 is 7.60. The number of benzene rings is 2. The molecule has 2 heterocycles. The maximum absolute atomic E-state index is 6.27. The molecule has 0 fully saturated rings. The summed E-state index contributed by atoms with van der Waals surface area (Å²) in [6.07, 6.45) is 1.64. The highest BCUT2D eigenvalue weighted by atomic mass is 35.5. The second-order valence-corrected chi connectivity index (χ2v) is 7.64. The third-order valence-corrected chi connectivity index (χ3v) is 5.62. The molecule has 0 aliphatic heterocycles. The fourth-order valence-electron chi connectivity index (χ4n) is 2.88. The minimum absolute atomic E-state index is 0.664. The number of aromatic nitrogens is 3. The van der Waals surface area contributed by atoms with Gasteiger partial charge in [0.15, 0.2) is 10.9 Å². The molecule has 4 nitrogen and oxygen atoms in total. The van der Waals surface area contributed by atoms with Crippen LogP contribution >= 0.6 is 23.4 Å². The van der Waals surface area contributed by atoms with Crippen LogP contribution in [0.5, 0.6) is 0 Å². The number of furan rings is 1. The summed E-state index contributed by atoms with van der Waals surface area (Å²) in [5.74, 6) is 2.14. The van der Waals surface area contributed by atoms with E-state index in [4.69, 9.17) is 16.0 Å². The molecule has 0 saturated carbocycles. The lowest BCUT2D eigenvalue weighted by atomic mass is 10.1. The molecule has 0 N–H and O–H groups in total. The Morgan fingerprint density at radius 1 is 1.00 bits per heavy atom. The van der Waals surface area contributed by atoms with Crippen molar-refractivity contribution in [2.75, 3.05) is 0 Å². The topological polar surface area (TPSA) is 43.9 Å². The lowest BCUT2D eigenvalue weighted by molar-refractivity contribution is 0.575. The van der Waals surface area contributed by atoms with Crippen molar-refractivity contribution in [2.45, 2.75) is 24.8 Å². The molecule has 4 rings (SSSR count). The van der Waals surface area contributed by atoms with Crippen LogP contribution in [-0.2, 0) is 5.75 Å². The first-order chi connectivity index (χ1) is 13.1. The van der Waals surface area contributed by atoms with Crippen molar-refractivity contribution < 1.29 is 4.42 Å². The Bertz CT molecular complexity index is 1070. The fourth-order valence-corrected chi connectivity index (χ4v) is 4.07. The highest BCUT2D eigenvalue weighted by Crippen LogP contribution is 2.32. The Kier molecular flexibility index (Phi) is 5.05. The van der Waals surface area contributed by atoms with Gasteiger partial charge in [-0.2, -0.15) is 0 Å². The van der Waals surface area contributed by atoms with Gasteiger partial charge in [0.05, 0.1) is 12.0 Å². The second kappa shape index (κ2) is 7.62. The van der Waals surface area contributed by atoms with E-state index in [1.165, 1.54) is 11.1 Å². The molecule has 0 saturated heterocycles. The standard InChI is InChI=1S/C21H18ClN3OS/c1-14-6-3-4-7-16(14)13-27-21-24-23-20(19-8-5-11-26-19)25(21)18-12-17(22)10-9-15(18)2/h3-12H,13H2,1-2H3. The molecule has 0 bridgehead atoms. The van der Waals surface area contributed by atoms with Gasteiger partial charge in [0.1, 0.15) is 0 Å². The summed E-state index contributed by atoms with van der Waals surface area (Å²) in [6.45, 7) is 4.17. The van der Waals surface area contributed by atoms with Crippen molar-refractivity contribution in [3.8, 4) is 17.3 Å². The minimum atomic E-state index is 0.664. The lowest BCUT2D eigenvalue weighted by Gasteiger charge is -2.13. The zero-order valence-electron chi connectivity index (χ0n) is 15.0. The Hall–Kier alpha value is -2.50. The second-order valence-electron chi connectivity index (χ2n) is 6.26. The summed E-state index contributed by atoms with van der Waals surface area (Å²) in [5.41, 5.74) is 4.58. The van der Waals surface area contributed by atoms with E-state index in [1.807, 2.05) is 41.8 Å². The van der Waals surface area contributed by atoms with Gasteiger partial charge in [-0.3, -0.25) is 4.57 Å². The molecule has 0 amide bonds. The summed E-state index contributed by atoms with van der Waals surface area (Å²) in [6, 6.07) is 17.9. The van der Waals surface area contributed by atoms with Crippen LogP contribution in [0.4, 0.5) is 0 Å². The van der Waals surface area contributed by atoms with Crippen molar-refractivity contribution in [3.63, 3.8) is 0 Å². The molecular weight excluding hydrogens is 378 g/mol. The number of hydrogen-bond acceptors (Lipinski definition) is 4. The number of aryl methyl sites for hydroxylation is 2. The first kappa shape index (κ1) is 17.9. The van der Waals surface area contributed by atoms with Crippen molar-refractivity contribution in [1.29, 1.82) is 0 Å². The Balaban J connectivity index is 1.78. The van der Waals surface area contributed by atoms with Gasteiger partial charge < -0.3 is 4.42 Å². The van der Waals surface area contributed by atoms with E-state index in [2.05, 4.69) is 41.4 Å². The molecule has 6 heteroatoms. The summed E-state index contributed by atoms with van der Waals surface area (Å²) in [7, 11) is 0. The molecule has 0 radical (unpaired) electrons. The largest absolute Gasteiger partial charge is 0.461 e. The Morgan fingerprint density at radius 3 is 2.63 bits per heavy atom. The van der Waals surface area contributed by atoms with Crippen molar-refractivity contribution in [3.05, 3.63) is 82.6 Å². The van der Waals surface area contributed by atoms with Crippen molar-refractivity contribution >= 4 is 23.4 Å². The molecule has 0 aliphatic carbocycles. The number of nitrogens with zero attached hydrogens (tertiary/aromatic N) is 3. The van der Waals surface area contributed by atoms with Gasteiger partial charge >= 0.3 is 0 Å². The molecule has 2 aromatic heterocycles. The number of rotatable bonds is 5. The summed E-state index contributed by atoms with van der Waals surface area (Å²) in [5, 5.41) is 10.3. The highest BCUT2D eigenvalue weighted by Gasteiger charge is 2.19. The molecule has 2 aromatic carbocycles. The fraction of sp³-hybridized carbons (Fsp3) is 0.143. The number of hydrogen-bond donors (Lipinski definition) is 0. The average Bonchev–Trinajstić information content (AvgIpc) is 3.32. The third kappa shape index (κ3) is 3.66. The summed E-state index contributed by atoms with van der Waals surface area (Å²) >= 11 is 7.92. The molecule has 0 unspecified atom stereocenters. The van der Waals surface area contributed by atoms with Gasteiger partial charge in [-0.05, 0) is 54.8 Å². The first-order valence-electron chi connectivity index (χ1n) is 8.56. The van der Waals surface area contributed by atoms with Crippen LogP contribution in [0.1, 0.15) is 16.7 Å². The minimum Gasteiger partial charge on any atom is -0.461 e. The first-order valence-corrected chi connectivity index (χ1v) is 9.93. The van der Waals surface area contributed by atoms with Gasteiger partial charge in [-0.15, -0.1) is 10.2 Å². The zero-order chi connectivity index (χ0) is 18.8. The maximum Gasteiger partial charge on any atom is 0.205 e. The van der Waals surface area contributed by atoms with E-state index in [-0.39, 0.29) is 0 Å². The monoisotopic (exact) mass is 395 g/mol. The number of thioether (sulfide) groups is 1. The molecular formula is C21H18ClN3OS. The summed E-state index contributed by atoms with van der Waals surface area (Å²) in [4.78, 5) is 0. The third-order valence-electron chi connectivity index (χ3n) is 4.41. The molecule has 4 aromatic rings. The molecule has 0 aliphatic rings. The number of halogens is 1. The maximum atomic E-state index is 6.27. The van der Waals surface area contributed by atoms with Gasteiger partial charge in [0.2, 0.25) is 5.82 Å². The predicted octanol–water partition coefficient (Wildman–Crippen LogP) is 6.09. The predicted molar refractivity (Wildman–Crippen MR) is 110 cm³/mol. The highest BCUT2D eigenvalue weighted by molar-refractivity contribution is 7.98. The van der Waals surface area contributed by atoms with Crippen LogP contribution in [0.3, 0.4) is 0 Å². The van der Waals surface area contributed by atoms with Crippen molar-refractivity contribution in [2.24, 2.45) is 0 Å². The smallest absolute Gasteiger partial charge is 0.205 e. The molecule has 0 spiro atoms. The van der Waals surface area contributed by atoms with Crippen LogP contribution in [0.15, 0.2) is 70.4 Å².